The molecule has 0 aliphatic heterocycles. The van der Waals surface area contributed by atoms with E-state index in [1.54, 1.807) is 48.5 Å². The van der Waals surface area contributed by atoms with Crippen LogP contribution in [0.25, 0.3) is 0 Å². The Balaban J connectivity index is 1.80. The minimum absolute atomic E-state index is 0.0426. The van der Waals surface area contributed by atoms with Gasteiger partial charge in [-0.05, 0) is 55.0 Å². The van der Waals surface area contributed by atoms with E-state index in [4.69, 9.17) is 0 Å². The molecule has 0 saturated heterocycles. The van der Waals surface area contributed by atoms with E-state index >= 15 is 0 Å². The average molecular weight is 396 g/mol. The van der Waals surface area contributed by atoms with Gasteiger partial charge in [0.25, 0.3) is 5.91 Å². The molecular weight excluding hydrogens is 368 g/mol. The summed E-state index contributed by atoms with van der Waals surface area (Å²) in [5, 5.41) is 11.4. The average Bonchev–Trinajstić information content (AvgIpc) is 2.72. The minimum atomic E-state index is -0.203. The van der Waals surface area contributed by atoms with Crippen molar-refractivity contribution < 1.29 is 14.4 Å². The summed E-state index contributed by atoms with van der Waals surface area (Å²) in [6.07, 6.45) is 0.877. The van der Waals surface area contributed by atoms with Crippen LogP contribution in [-0.4, -0.2) is 30.8 Å². The Bertz CT molecular complexity index is 830. The number of carbonyl (C=O) groups excluding carboxylic acids is 3. The third-order valence-corrected chi connectivity index (χ3v) is 4.10. The first-order valence-electron chi connectivity index (χ1n) is 9.72. The standard InChI is InChI=1S/C22H28N4O3/c1-4-13-23-22(29)16-5-7-18(8-6-16)25-20(27)14-24-17-9-11-19(12-10-17)26-21(28)15(2)3/h5-12,15,24H,4,13-14H2,1-3H3,(H,23,29)(H,25,27)(H,26,28). The third kappa shape index (κ3) is 7.29. The number of anilines is 3. The second-order valence-electron chi connectivity index (χ2n) is 6.96. The molecule has 0 radical (unpaired) electrons. The van der Waals surface area contributed by atoms with Crippen molar-refractivity contribution in [1.29, 1.82) is 0 Å². The second-order valence-corrected chi connectivity index (χ2v) is 6.96. The lowest BCUT2D eigenvalue weighted by molar-refractivity contribution is -0.119. The molecule has 2 aromatic carbocycles. The molecule has 3 amide bonds. The lowest BCUT2D eigenvalue weighted by Gasteiger charge is -2.10. The zero-order chi connectivity index (χ0) is 21.2. The van der Waals surface area contributed by atoms with Crippen LogP contribution in [0.1, 0.15) is 37.6 Å². The fourth-order valence-electron chi connectivity index (χ4n) is 2.39. The molecule has 154 valence electrons. The molecule has 0 heterocycles. The highest BCUT2D eigenvalue weighted by atomic mass is 16.2. The number of amides is 3. The number of carbonyl (C=O) groups is 3. The predicted molar refractivity (Wildman–Crippen MR) is 116 cm³/mol. The maximum Gasteiger partial charge on any atom is 0.251 e. The number of hydrogen-bond donors (Lipinski definition) is 4. The maximum absolute atomic E-state index is 12.1. The highest BCUT2D eigenvalue weighted by Gasteiger charge is 2.08. The monoisotopic (exact) mass is 396 g/mol. The quantitative estimate of drug-likeness (QED) is 0.521. The Morgan fingerprint density at radius 3 is 1.97 bits per heavy atom. The molecule has 2 aromatic rings. The summed E-state index contributed by atoms with van der Waals surface area (Å²) in [6, 6.07) is 13.9. The first kappa shape index (κ1) is 21.9. The minimum Gasteiger partial charge on any atom is -0.376 e. The Morgan fingerprint density at radius 1 is 0.828 bits per heavy atom. The van der Waals surface area contributed by atoms with Crippen molar-refractivity contribution in [2.75, 3.05) is 29.0 Å². The highest BCUT2D eigenvalue weighted by molar-refractivity contribution is 5.96. The number of benzene rings is 2. The molecule has 0 unspecified atom stereocenters. The van der Waals surface area contributed by atoms with Crippen LogP contribution in [0.5, 0.6) is 0 Å². The van der Waals surface area contributed by atoms with Gasteiger partial charge in [-0.2, -0.15) is 0 Å². The van der Waals surface area contributed by atoms with Gasteiger partial charge < -0.3 is 21.3 Å². The van der Waals surface area contributed by atoms with Crippen molar-refractivity contribution in [3.05, 3.63) is 54.1 Å². The van der Waals surface area contributed by atoms with Crippen molar-refractivity contribution >= 4 is 34.8 Å². The zero-order valence-electron chi connectivity index (χ0n) is 17.0. The largest absolute Gasteiger partial charge is 0.376 e. The summed E-state index contributed by atoms with van der Waals surface area (Å²) in [5.41, 5.74) is 2.65. The highest BCUT2D eigenvalue weighted by Crippen LogP contribution is 2.15. The van der Waals surface area contributed by atoms with Gasteiger partial charge in [-0.25, -0.2) is 0 Å². The van der Waals surface area contributed by atoms with E-state index in [-0.39, 0.29) is 30.2 Å². The van der Waals surface area contributed by atoms with Crippen LogP contribution in [-0.2, 0) is 9.59 Å². The van der Waals surface area contributed by atoms with Gasteiger partial charge in [0.05, 0.1) is 6.54 Å². The molecule has 0 spiro atoms. The zero-order valence-corrected chi connectivity index (χ0v) is 17.0. The van der Waals surface area contributed by atoms with E-state index in [2.05, 4.69) is 21.3 Å². The van der Waals surface area contributed by atoms with E-state index in [0.717, 1.165) is 12.1 Å². The van der Waals surface area contributed by atoms with E-state index in [1.807, 2.05) is 20.8 Å². The van der Waals surface area contributed by atoms with Crippen LogP contribution < -0.4 is 21.3 Å². The van der Waals surface area contributed by atoms with Crippen LogP contribution in [0.2, 0.25) is 0 Å². The van der Waals surface area contributed by atoms with Crippen molar-refractivity contribution in [3.63, 3.8) is 0 Å². The second kappa shape index (κ2) is 10.8. The fourth-order valence-corrected chi connectivity index (χ4v) is 2.39. The molecule has 0 aromatic heterocycles. The number of rotatable bonds is 9. The third-order valence-electron chi connectivity index (χ3n) is 4.10. The molecule has 0 fully saturated rings. The molecular formula is C22H28N4O3. The van der Waals surface area contributed by atoms with E-state index in [0.29, 0.717) is 23.5 Å². The molecule has 0 bridgehead atoms. The molecule has 0 aliphatic rings. The van der Waals surface area contributed by atoms with Gasteiger partial charge in [-0.15, -0.1) is 0 Å². The summed E-state index contributed by atoms with van der Waals surface area (Å²) < 4.78 is 0. The Labute approximate surface area is 171 Å². The summed E-state index contributed by atoms with van der Waals surface area (Å²) in [5.74, 6) is -0.458. The van der Waals surface area contributed by atoms with Crippen LogP contribution >= 0.6 is 0 Å². The van der Waals surface area contributed by atoms with Crippen molar-refractivity contribution in [1.82, 2.24) is 5.32 Å². The van der Waals surface area contributed by atoms with Gasteiger partial charge in [-0.1, -0.05) is 20.8 Å². The van der Waals surface area contributed by atoms with Gasteiger partial charge in [0.1, 0.15) is 0 Å². The molecule has 7 nitrogen and oxygen atoms in total. The summed E-state index contributed by atoms with van der Waals surface area (Å²) in [7, 11) is 0. The van der Waals surface area contributed by atoms with Gasteiger partial charge in [0.2, 0.25) is 11.8 Å². The predicted octanol–water partition coefficient (Wildman–Crippen LogP) is 3.47. The Hall–Kier alpha value is -3.35. The maximum atomic E-state index is 12.1. The van der Waals surface area contributed by atoms with Crippen LogP contribution in [0.3, 0.4) is 0 Å². The molecule has 0 saturated carbocycles. The van der Waals surface area contributed by atoms with E-state index < -0.39 is 0 Å². The Morgan fingerprint density at radius 2 is 1.38 bits per heavy atom. The van der Waals surface area contributed by atoms with Crippen LogP contribution in [0.15, 0.2) is 48.5 Å². The Kier molecular flexibility index (Phi) is 8.21. The first-order chi connectivity index (χ1) is 13.9. The fraction of sp³-hybridized carbons (Fsp3) is 0.318. The summed E-state index contributed by atoms with van der Waals surface area (Å²) in [4.78, 5) is 35.7. The van der Waals surface area contributed by atoms with Crippen molar-refractivity contribution in [2.45, 2.75) is 27.2 Å². The van der Waals surface area contributed by atoms with Crippen LogP contribution in [0.4, 0.5) is 17.1 Å². The molecule has 0 atom stereocenters. The summed E-state index contributed by atoms with van der Waals surface area (Å²) in [6.45, 7) is 6.38. The van der Waals surface area contributed by atoms with Gasteiger partial charge in [-0.3, -0.25) is 14.4 Å². The molecule has 2 rings (SSSR count). The van der Waals surface area contributed by atoms with Gasteiger partial charge >= 0.3 is 0 Å². The van der Waals surface area contributed by atoms with E-state index in [9.17, 15) is 14.4 Å². The molecule has 7 heteroatoms. The van der Waals surface area contributed by atoms with Gasteiger partial charge in [0, 0.05) is 35.1 Å². The van der Waals surface area contributed by atoms with Crippen LogP contribution in [0, 0.1) is 5.92 Å². The molecule has 29 heavy (non-hydrogen) atoms. The first-order valence-corrected chi connectivity index (χ1v) is 9.72. The lowest BCUT2D eigenvalue weighted by Crippen LogP contribution is -2.24. The van der Waals surface area contributed by atoms with Crippen molar-refractivity contribution in [2.24, 2.45) is 5.92 Å². The molecule has 4 N–H and O–H groups in total. The normalized spacial score (nSPS) is 10.3. The SMILES string of the molecule is CCCNC(=O)c1ccc(NC(=O)CNc2ccc(NC(=O)C(C)C)cc2)cc1. The summed E-state index contributed by atoms with van der Waals surface area (Å²) >= 11 is 0. The molecule has 0 aliphatic carbocycles. The smallest absolute Gasteiger partial charge is 0.251 e. The van der Waals surface area contributed by atoms with Gasteiger partial charge in [0.15, 0.2) is 0 Å². The number of hydrogen-bond acceptors (Lipinski definition) is 4. The number of nitrogens with one attached hydrogen (secondary N) is 4. The lowest BCUT2D eigenvalue weighted by atomic mass is 10.2. The van der Waals surface area contributed by atoms with E-state index in [1.165, 1.54) is 0 Å². The topological polar surface area (TPSA) is 99.3 Å². The van der Waals surface area contributed by atoms with Crippen molar-refractivity contribution in [3.8, 4) is 0 Å².